The van der Waals surface area contributed by atoms with Crippen LogP contribution in [0.15, 0.2) is 17.3 Å². The molecule has 0 radical (unpaired) electrons. The average molecular weight is 245 g/mol. The van der Waals surface area contributed by atoms with Crippen molar-refractivity contribution in [2.75, 3.05) is 4.72 Å². The maximum atomic E-state index is 11.6. The van der Waals surface area contributed by atoms with Gasteiger partial charge in [-0.05, 0) is 13.0 Å². The summed E-state index contributed by atoms with van der Waals surface area (Å²) in [6, 6.07) is 1.36. The number of aromatic nitrogens is 4. The van der Waals surface area contributed by atoms with Crippen molar-refractivity contribution in [2.45, 2.75) is 11.9 Å². The van der Waals surface area contributed by atoms with E-state index in [2.05, 4.69) is 24.3 Å². The van der Waals surface area contributed by atoms with Gasteiger partial charge in [0.25, 0.3) is 10.0 Å². The highest BCUT2D eigenvalue weighted by molar-refractivity contribution is 7.92. The van der Waals surface area contributed by atoms with E-state index in [9.17, 15) is 8.42 Å². The van der Waals surface area contributed by atoms with Crippen LogP contribution in [0.4, 0.5) is 5.13 Å². The van der Waals surface area contributed by atoms with Gasteiger partial charge in [0.05, 0.1) is 6.20 Å². The zero-order valence-electron chi connectivity index (χ0n) is 7.63. The molecule has 2 aromatic rings. The molecule has 0 amide bonds. The lowest BCUT2D eigenvalue weighted by atomic mass is 10.8. The van der Waals surface area contributed by atoms with Gasteiger partial charge in [-0.3, -0.25) is 9.82 Å². The van der Waals surface area contributed by atoms with Gasteiger partial charge >= 0.3 is 0 Å². The van der Waals surface area contributed by atoms with E-state index in [4.69, 9.17) is 0 Å². The number of rotatable bonds is 3. The van der Waals surface area contributed by atoms with Crippen molar-refractivity contribution < 1.29 is 8.42 Å². The van der Waals surface area contributed by atoms with Crippen LogP contribution >= 0.6 is 11.5 Å². The normalized spacial score (nSPS) is 11.5. The van der Waals surface area contributed by atoms with Gasteiger partial charge in [-0.2, -0.15) is 17.9 Å². The van der Waals surface area contributed by atoms with E-state index in [1.807, 2.05) is 0 Å². The maximum absolute atomic E-state index is 11.6. The van der Waals surface area contributed by atoms with Crippen LogP contribution in [0.2, 0.25) is 0 Å². The lowest BCUT2D eigenvalue weighted by molar-refractivity contribution is 0.597. The van der Waals surface area contributed by atoms with Crippen molar-refractivity contribution in [1.82, 2.24) is 19.6 Å². The Morgan fingerprint density at radius 2 is 2.33 bits per heavy atom. The van der Waals surface area contributed by atoms with Crippen LogP contribution in [0.5, 0.6) is 0 Å². The monoisotopic (exact) mass is 245 g/mol. The molecule has 2 aromatic heterocycles. The van der Waals surface area contributed by atoms with Gasteiger partial charge < -0.3 is 0 Å². The molecule has 80 valence electrons. The van der Waals surface area contributed by atoms with Crippen molar-refractivity contribution >= 4 is 26.7 Å². The van der Waals surface area contributed by atoms with Crippen molar-refractivity contribution in [3.8, 4) is 0 Å². The number of hydrogen-bond donors (Lipinski definition) is 2. The van der Waals surface area contributed by atoms with E-state index in [-0.39, 0.29) is 10.2 Å². The number of aryl methyl sites for hydroxylation is 1. The molecule has 0 saturated carbocycles. The molecule has 7 nitrogen and oxygen atoms in total. The number of sulfonamides is 1. The minimum absolute atomic E-state index is 0.00430. The highest BCUT2D eigenvalue weighted by atomic mass is 32.2. The van der Waals surface area contributed by atoms with Crippen LogP contribution in [0.25, 0.3) is 0 Å². The topological polar surface area (TPSA) is 101 Å². The second-order valence-corrected chi connectivity index (χ2v) is 5.08. The molecular weight excluding hydrogens is 238 g/mol. The Kier molecular flexibility index (Phi) is 2.40. The Morgan fingerprint density at radius 3 is 2.87 bits per heavy atom. The summed E-state index contributed by atoms with van der Waals surface area (Å²) in [4.78, 5) is 3.89. The summed E-state index contributed by atoms with van der Waals surface area (Å²) in [6.45, 7) is 1.69. The maximum Gasteiger partial charge on any atom is 0.280 e. The smallest absolute Gasteiger partial charge is 0.266 e. The number of hydrogen-bond acceptors (Lipinski definition) is 6. The zero-order chi connectivity index (χ0) is 10.9. The number of aromatic amines is 1. The molecular formula is C6H7N5O2S2. The van der Waals surface area contributed by atoms with Gasteiger partial charge in [-0.15, -0.1) is 0 Å². The minimum Gasteiger partial charge on any atom is -0.266 e. The van der Waals surface area contributed by atoms with Crippen molar-refractivity contribution in [2.24, 2.45) is 0 Å². The summed E-state index contributed by atoms with van der Waals surface area (Å²) in [7, 11) is -3.62. The number of nitrogens with one attached hydrogen (secondary N) is 2. The van der Waals surface area contributed by atoms with Crippen molar-refractivity contribution in [3.63, 3.8) is 0 Å². The highest BCUT2D eigenvalue weighted by Gasteiger charge is 2.17. The summed E-state index contributed by atoms with van der Waals surface area (Å²) in [6.07, 6.45) is 1.36. The molecule has 0 unspecified atom stereocenters. The van der Waals surface area contributed by atoms with Gasteiger partial charge in [0.2, 0.25) is 5.13 Å². The number of anilines is 1. The summed E-state index contributed by atoms with van der Waals surface area (Å²) >= 11 is 0.988. The Balaban J connectivity index is 2.26. The first kappa shape index (κ1) is 10.1. The average Bonchev–Trinajstić information content (AvgIpc) is 2.75. The molecule has 15 heavy (non-hydrogen) atoms. The predicted molar refractivity (Wildman–Crippen MR) is 54.0 cm³/mol. The van der Waals surface area contributed by atoms with Gasteiger partial charge in [0, 0.05) is 11.5 Å². The van der Waals surface area contributed by atoms with Crippen LogP contribution in [0, 0.1) is 6.92 Å². The lowest BCUT2D eigenvalue weighted by Gasteiger charge is -2.00. The largest absolute Gasteiger partial charge is 0.280 e. The Labute approximate surface area is 89.8 Å². The first-order valence-electron chi connectivity index (χ1n) is 3.90. The molecule has 0 aromatic carbocycles. The third-order valence-electron chi connectivity index (χ3n) is 1.51. The first-order valence-corrected chi connectivity index (χ1v) is 6.16. The first-order chi connectivity index (χ1) is 7.08. The van der Waals surface area contributed by atoms with E-state index in [1.54, 1.807) is 6.92 Å². The van der Waals surface area contributed by atoms with Crippen molar-refractivity contribution in [3.05, 3.63) is 18.1 Å². The summed E-state index contributed by atoms with van der Waals surface area (Å²) in [5, 5.41) is 6.15. The summed E-state index contributed by atoms with van der Waals surface area (Å²) in [5.74, 6) is 0.530. The predicted octanol–water partition coefficient (Wildman–Crippen LogP) is 0.370. The van der Waals surface area contributed by atoms with Gasteiger partial charge in [-0.1, -0.05) is 0 Å². The number of H-pyrrole nitrogens is 1. The van der Waals surface area contributed by atoms with E-state index < -0.39 is 10.0 Å². The Bertz CT molecular complexity index is 544. The third kappa shape index (κ3) is 2.13. The SMILES string of the molecule is Cc1nsc(NS(=O)(=O)c2ccn[nH]2)n1. The Morgan fingerprint density at radius 1 is 1.53 bits per heavy atom. The second-order valence-electron chi connectivity index (χ2n) is 2.67. The molecule has 9 heteroatoms. The molecule has 0 aliphatic rings. The molecule has 2 rings (SSSR count). The van der Waals surface area contributed by atoms with Gasteiger partial charge in [0.1, 0.15) is 5.82 Å². The van der Waals surface area contributed by atoms with Crippen LogP contribution in [-0.4, -0.2) is 28.0 Å². The Hall–Kier alpha value is -1.48. The van der Waals surface area contributed by atoms with E-state index in [0.29, 0.717) is 5.82 Å². The van der Waals surface area contributed by atoms with Gasteiger partial charge in [-0.25, -0.2) is 4.98 Å². The third-order valence-corrected chi connectivity index (χ3v) is 3.63. The summed E-state index contributed by atoms with van der Waals surface area (Å²) in [5.41, 5.74) is 0. The van der Waals surface area contributed by atoms with E-state index in [0.717, 1.165) is 11.5 Å². The number of nitrogens with zero attached hydrogens (tertiary/aromatic N) is 3. The molecule has 0 aliphatic carbocycles. The molecule has 0 saturated heterocycles. The molecule has 0 spiro atoms. The van der Waals surface area contributed by atoms with E-state index >= 15 is 0 Å². The molecule has 0 bridgehead atoms. The van der Waals surface area contributed by atoms with Gasteiger partial charge in [0.15, 0.2) is 5.03 Å². The second kappa shape index (κ2) is 3.59. The molecule has 2 heterocycles. The highest BCUT2D eigenvalue weighted by Crippen LogP contribution is 2.15. The van der Waals surface area contributed by atoms with Crippen LogP contribution in [0.3, 0.4) is 0 Å². The summed E-state index contributed by atoms with van der Waals surface area (Å²) < 4.78 is 29.4. The van der Waals surface area contributed by atoms with Crippen molar-refractivity contribution in [1.29, 1.82) is 0 Å². The fourth-order valence-corrected chi connectivity index (χ4v) is 2.61. The van der Waals surface area contributed by atoms with Crippen LogP contribution in [-0.2, 0) is 10.0 Å². The lowest BCUT2D eigenvalue weighted by Crippen LogP contribution is -2.13. The molecule has 0 atom stereocenters. The fraction of sp³-hybridized carbons (Fsp3) is 0.167. The quantitative estimate of drug-likeness (QED) is 0.813. The zero-order valence-corrected chi connectivity index (χ0v) is 9.26. The van der Waals surface area contributed by atoms with E-state index in [1.165, 1.54) is 12.3 Å². The standard InChI is InChI=1S/C6H7N5O2S2/c1-4-8-6(14-10-4)11-15(12,13)5-2-3-7-9-5/h2-3H,1H3,(H,7,9)(H,8,10,11). The molecule has 0 fully saturated rings. The van der Waals surface area contributed by atoms with Crippen LogP contribution < -0.4 is 4.72 Å². The molecule has 2 N–H and O–H groups in total. The fourth-order valence-electron chi connectivity index (χ4n) is 0.901. The molecule has 0 aliphatic heterocycles. The van der Waals surface area contributed by atoms with Crippen LogP contribution in [0.1, 0.15) is 5.82 Å². The minimum atomic E-state index is -3.62.